The van der Waals surface area contributed by atoms with E-state index < -0.39 is 59.9 Å². The zero-order valence-electron chi connectivity index (χ0n) is 20.4. The summed E-state index contributed by atoms with van der Waals surface area (Å²) in [5.74, 6) is -2.23. The molecule has 2 aromatic carbocycles. The molecule has 0 amide bonds. The highest BCUT2D eigenvalue weighted by Crippen LogP contribution is 2.48. The number of phenols is 1. The number of phenolic OH excluding ortho intramolecular Hbond substituents is 1. The number of Topliss-reactive ketones (excluding diaryl/α,β-unsaturated/α-hetero) is 1. The molecule has 1 saturated heterocycles. The molecule has 5 atom stereocenters. The second kappa shape index (κ2) is 9.30. The van der Waals surface area contributed by atoms with Gasteiger partial charge in [-0.3, -0.25) is 14.4 Å². The van der Waals surface area contributed by atoms with Gasteiger partial charge in [-0.15, -0.1) is 0 Å². The first kappa shape index (κ1) is 25.5. The van der Waals surface area contributed by atoms with Gasteiger partial charge in [0, 0.05) is 36.0 Å². The average molecular weight is 513 g/mol. The first-order valence-corrected chi connectivity index (χ1v) is 12.1. The highest BCUT2D eigenvalue weighted by Gasteiger charge is 2.48. The maximum atomic E-state index is 13.6. The van der Waals surface area contributed by atoms with Crippen LogP contribution in [0, 0.1) is 0 Å². The quantitative estimate of drug-likeness (QED) is 0.393. The van der Waals surface area contributed by atoms with Gasteiger partial charge in [0.1, 0.15) is 23.7 Å². The Bertz CT molecular complexity index is 1300. The predicted molar refractivity (Wildman–Crippen MR) is 127 cm³/mol. The maximum Gasteiger partial charge on any atom is 0.201 e. The van der Waals surface area contributed by atoms with Crippen LogP contribution in [0.3, 0.4) is 0 Å². The number of carbonyl (C=O) groups is 3. The van der Waals surface area contributed by atoms with Crippen LogP contribution in [0.2, 0.25) is 0 Å². The third kappa shape index (κ3) is 4.05. The lowest BCUT2D eigenvalue weighted by Gasteiger charge is -2.40. The van der Waals surface area contributed by atoms with Crippen molar-refractivity contribution >= 4 is 17.3 Å². The van der Waals surface area contributed by atoms with Crippen molar-refractivity contribution in [2.24, 2.45) is 0 Å². The van der Waals surface area contributed by atoms with E-state index in [2.05, 4.69) is 0 Å². The van der Waals surface area contributed by atoms with E-state index in [0.29, 0.717) is 12.8 Å². The molecule has 2 aliphatic carbocycles. The van der Waals surface area contributed by atoms with Gasteiger partial charge >= 0.3 is 0 Å². The van der Waals surface area contributed by atoms with Crippen LogP contribution in [0.15, 0.2) is 24.3 Å². The Kier molecular flexibility index (Phi) is 6.41. The van der Waals surface area contributed by atoms with Gasteiger partial charge in [-0.1, -0.05) is 12.1 Å². The van der Waals surface area contributed by atoms with Crippen LogP contribution in [0.4, 0.5) is 0 Å². The Morgan fingerprint density at radius 1 is 1.16 bits per heavy atom. The summed E-state index contributed by atoms with van der Waals surface area (Å²) in [6, 6.07) is 6.01. The van der Waals surface area contributed by atoms with E-state index in [1.807, 2.05) is 0 Å². The highest BCUT2D eigenvalue weighted by molar-refractivity contribution is 6.30. The molecule has 10 heteroatoms. The molecule has 0 saturated carbocycles. The summed E-state index contributed by atoms with van der Waals surface area (Å²) in [5.41, 5.74) is -1.74. The van der Waals surface area contributed by atoms with E-state index >= 15 is 0 Å². The molecular formula is C27H28O10. The number of aliphatic hydroxyl groups excluding tert-OH is 2. The number of methoxy groups -OCH3 is 1. The van der Waals surface area contributed by atoms with Crippen LogP contribution in [0.5, 0.6) is 11.5 Å². The summed E-state index contributed by atoms with van der Waals surface area (Å²) >= 11 is 0. The summed E-state index contributed by atoms with van der Waals surface area (Å²) < 4.78 is 17.1. The van der Waals surface area contributed by atoms with Crippen molar-refractivity contribution in [3.05, 3.63) is 57.6 Å². The molecule has 1 heterocycles. The van der Waals surface area contributed by atoms with E-state index in [9.17, 15) is 34.8 Å². The maximum absolute atomic E-state index is 13.6. The third-order valence-electron chi connectivity index (χ3n) is 7.53. The number of hydrogen-bond acceptors (Lipinski definition) is 10. The van der Waals surface area contributed by atoms with E-state index in [1.54, 1.807) is 19.1 Å². The fourth-order valence-electron chi connectivity index (χ4n) is 5.54. The molecule has 2 aromatic rings. The number of aromatic hydroxyl groups is 1. The van der Waals surface area contributed by atoms with E-state index in [4.69, 9.17) is 14.2 Å². The van der Waals surface area contributed by atoms with Crippen molar-refractivity contribution in [1.82, 2.24) is 0 Å². The first-order valence-electron chi connectivity index (χ1n) is 12.1. The van der Waals surface area contributed by atoms with Crippen LogP contribution < -0.4 is 4.74 Å². The lowest BCUT2D eigenvalue weighted by Crippen LogP contribution is -2.48. The van der Waals surface area contributed by atoms with Crippen molar-refractivity contribution in [3.8, 4) is 11.5 Å². The molecule has 1 unspecified atom stereocenters. The Labute approximate surface area is 212 Å². The Hall–Kier alpha value is -3.15. The van der Waals surface area contributed by atoms with Crippen LogP contribution in [-0.4, -0.2) is 75.6 Å². The van der Waals surface area contributed by atoms with Gasteiger partial charge in [0.05, 0.1) is 36.5 Å². The second-order valence-electron chi connectivity index (χ2n) is 9.80. The van der Waals surface area contributed by atoms with Crippen LogP contribution in [0.25, 0.3) is 0 Å². The molecule has 196 valence electrons. The topological polar surface area (TPSA) is 160 Å². The van der Waals surface area contributed by atoms with Crippen molar-refractivity contribution in [1.29, 1.82) is 0 Å². The molecule has 0 bridgehead atoms. The monoisotopic (exact) mass is 512 g/mol. The average Bonchev–Trinajstić information content (AvgIpc) is 2.87. The van der Waals surface area contributed by atoms with Crippen LogP contribution >= 0.6 is 0 Å². The van der Waals surface area contributed by atoms with Gasteiger partial charge in [-0.2, -0.15) is 0 Å². The third-order valence-corrected chi connectivity index (χ3v) is 7.53. The Morgan fingerprint density at radius 3 is 2.59 bits per heavy atom. The summed E-state index contributed by atoms with van der Waals surface area (Å²) in [6.07, 6.45) is -3.03. The molecule has 37 heavy (non-hydrogen) atoms. The summed E-state index contributed by atoms with van der Waals surface area (Å²) in [5, 5.41) is 42.1. The number of aliphatic hydroxyl groups is 3. The van der Waals surface area contributed by atoms with Crippen LogP contribution in [-0.2, 0) is 20.7 Å². The number of ketones is 3. The largest absolute Gasteiger partial charge is 0.507 e. The van der Waals surface area contributed by atoms with Crippen molar-refractivity contribution in [2.45, 2.75) is 62.8 Å². The molecule has 4 N–H and O–H groups in total. The minimum atomic E-state index is -2.03. The van der Waals surface area contributed by atoms with Crippen molar-refractivity contribution < 1.29 is 49.0 Å². The first-order chi connectivity index (χ1) is 17.6. The molecule has 0 spiro atoms. The normalized spacial score (nSPS) is 28.8. The van der Waals surface area contributed by atoms with Crippen molar-refractivity contribution in [3.63, 3.8) is 0 Å². The zero-order chi connectivity index (χ0) is 26.6. The fourth-order valence-corrected chi connectivity index (χ4v) is 5.54. The molecule has 10 nitrogen and oxygen atoms in total. The van der Waals surface area contributed by atoms with Gasteiger partial charge in [0.25, 0.3) is 0 Å². The SMILES string of the molecule is COc1cccc2c1C(=O)c1c(cc3c(c1O)C(O[C@@H]1CC[C@@H](O)[C@@H](C)O1)C[C@@](O)(C(=O)CO)C3)C2=O. The van der Waals surface area contributed by atoms with Crippen LogP contribution in [0.1, 0.15) is 75.3 Å². The summed E-state index contributed by atoms with van der Waals surface area (Å²) in [7, 11) is 1.38. The van der Waals surface area contributed by atoms with Gasteiger partial charge in [0.15, 0.2) is 17.9 Å². The zero-order valence-corrected chi connectivity index (χ0v) is 20.4. The minimum absolute atomic E-state index is 0.0383. The number of hydrogen-bond donors (Lipinski definition) is 4. The molecular weight excluding hydrogens is 484 g/mol. The minimum Gasteiger partial charge on any atom is -0.507 e. The predicted octanol–water partition coefficient (Wildman–Crippen LogP) is 1.36. The Morgan fingerprint density at radius 2 is 1.92 bits per heavy atom. The fraction of sp³-hybridized carbons (Fsp3) is 0.444. The molecule has 3 aliphatic rings. The van der Waals surface area contributed by atoms with Crippen molar-refractivity contribution in [2.75, 3.05) is 13.7 Å². The molecule has 1 fully saturated rings. The van der Waals surface area contributed by atoms with Gasteiger partial charge in [0.2, 0.25) is 5.78 Å². The Balaban J connectivity index is 1.64. The van der Waals surface area contributed by atoms with E-state index in [0.717, 1.165) is 0 Å². The number of benzene rings is 2. The van der Waals surface area contributed by atoms with E-state index in [-0.39, 0.29) is 52.0 Å². The van der Waals surface area contributed by atoms with Gasteiger partial charge < -0.3 is 34.6 Å². The second-order valence-corrected chi connectivity index (χ2v) is 9.80. The number of ether oxygens (including phenoxy) is 3. The number of carbonyl (C=O) groups excluding carboxylic acids is 3. The standard InChI is InChI=1S/C27H28O10/c1-12-16(29)6-7-20(36-12)37-18-10-27(34,19(30)11-28)9-13-8-15-23(25(32)21(13)18)26(33)22-14(24(15)31)4-3-5-17(22)35-2/h3-5,8,12,16,18,20,28-29,32,34H,6-7,9-11H2,1-2H3/t12-,16-,18?,20-,27-/m1/s1. The molecule has 1 aliphatic heterocycles. The highest BCUT2D eigenvalue weighted by atomic mass is 16.7. The van der Waals surface area contributed by atoms with E-state index in [1.165, 1.54) is 19.2 Å². The lowest BCUT2D eigenvalue weighted by molar-refractivity contribution is -0.243. The van der Waals surface area contributed by atoms with Gasteiger partial charge in [-0.05, 0) is 31.0 Å². The van der Waals surface area contributed by atoms with Gasteiger partial charge in [-0.25, -0.2) is 0 Å². The molecule has 5 rings (SSSR count). The lowest BCUT2D eigenvalue weighted by atomic mass is 9.72. The summed E-state index contributed by atoms with van der Waals surface area (Å²) in [4.78, 5) is 39.5. The molecule has 0 radical (unpaired) electrons. The number of rotatable bonds is 5. The summed E-state index contributed by atoms with van der Waals surface area (Å²) in [6.45, 7) is 0.771. The number of fused-ring (bicyclic) bond motifs is 3. The smallest absolute Gasteiger partial charge is 0.201 e. The molecule has 0 aromatic heterocycles.